The van der Waals surface area contributed by atoms with Gasteiger partial charge in [-0.05, 0) is 18.9 Å². The third-order valence-electron chi connectivity index (χ3n) is 2.19. The predicted molar refractivity (Wildman–Crippen MR) is 115 cm³/mol. The Hall–Kier alpha value is -1.56. The van der Waals surface area contributed by atoms with Gasteiger partial charge in [0.25, 0.3) is 0 Å². The number of rotatable bonds is 1. The molecule has 0 saturated carbocycles. The molecule has 23 heavy (non-hydrogen) atoms. The van der Waals surface area contributed by atoms with Crippen molar-refractivity contribution in [2.75, 3.05) is 0 Å². The van der Waals surface area contributed by atoms with Gasteiger partial charge in [-0.25, -0.2) is 0 Å². The van der Waals surface area contributed by atoms with E-state index in [1.807, 2.05) is 65.8 Å². The lowest BCUT2D eigenvalue weighted by Crippen LogP contribution is -1.73. The highest BCUT2D eigenvalue weighted by Crippen LogP contribution is 1.96. The second kappa shape index (κ2) is 32.4. The van der Waals surface area contributed by atoms with Crippen LogP contribution in [0, 0.1) is 6.92 Å². The molecule has 0 saturated heterocycles. The Labute approximate surface area is 149 Å². The summed E-state index contributed by atoms with van der Waals surface area (Å²) in [7, 11) is 0. The first-order chi connectivity index (χ1) is 10.3. The molecule has 0 spiro atoms. The maximum atomic E-state index is 2.16. The smallest absolute Gasteiger partial charge is 0.0307 e. The molecule has 0 amide bonds. The van der Waals surface area contributed by atoms with Crippen LogP contribution in [0.5, 0.6) is 0 Å². The number of hydrogen-bond acceptors (Lipinski definition) is 0. The Kier molecular flexibility index (Phi) is 46.7. The molecule has 0 heteroatoms. The van der Waals surface area contributed by atoms with Crippen molar-refractivity contribution in [2.45, 2.75) is 76.7 Å². The van der Waals surface area contributed by atoms with Crippen LogP contribution < -0.4 is 0 Å². The minimum atomic E-state index is 0. The molecule has 0 heterocycles. The topological polar surface area (TPSA) is 0 Å². The fraction of sp³-hybridized carbons (Fsp3) is 0.478. The van der Waals surface area contributed by atoms with Crippen LogP contribution in [-0.4, -0.2) is 0 Å². The molecular formula is C23H44. The highest BCUT2D eigenvalue weighted by atomic mass is 13.9. The molecule has 0 nitrogen and oxygen atoms in total. The van der Waals surface area contributed by atoms with Gasteiger partial charge in [-0.1, -0.05) is 130 Å². The van der Waals surface area contributed by atoms with E-state index in [0.717, 1.165) is 6.42 Å². The summed E-state index contributed by atoms with van der Waals surface area (Å²) < 4.78 is 0. The van der Waals surface area contributed by atoms with Crippen molar-refractivity contribution in [1.29, 1.82) is 0 Å². The summed E-state index contributed by atoms with van der Waals surface area (Å²) in [6.45, 7) is 16.2. The lowest BCUT2D eigenvalue weighted by Gasteiger charge is -1.89. The van der Waals surface area contributed by atoms with E-state index in [0.29, 0.717) is 0 Å². The molecule has 136 valence electrons. The fourth-order valence-corrected chi connectivity index (χ4v) is 1.25. The minimum Gasteiger partial charge on any atom is -0.0776 e. The van der Waals surface area contributed by atoms with Crippen LogP contribution in [0.3, 0.4) is 0 Å². The first-order valence-electron chi connectivity index (χ1n) is 8.38. The molecular weight excluding hydrogens is 276 g/mol. The van der Waals surface area contributed by atoms with Crippen molar-refractivity contribution in [3.63, 3.8) is 0 Å². The Morgan fingerprint density at radius 1 is 0.565 bits per heavy atom. The first kappa shape index (κ1) is 33.1. The average Bonchev–Trinajstić information content (AvgIpc) is 2.62. The number of aryl methyl sites for hydroxylation is 2. The van der Waals surface area contributed by atoms with Crippen molar-refractivity contribution >= 4 is 0 Å². The van der Waals surface area contributed by atoms with E-state index in [1.54, 1.807) is 0 Å². The second-order valence-corrected chi connectivity index (χ2v) is 3.49. The molecule has 0 aromatic heterocycles. The fourth-order valence-electron chi connectivity index (χ4n) is 1.25. The van der Waals surface area contributed by atoms with E-state index in [1.165, 1.54) is 11.1 Å². The van der Waals surface area contributed by atoms with Gasteiger partial charge >= 0.3 is 0 Å². The molecule has 0 bridgehead atoms. The van der Waals surface area contributed by atoms with Crippen LogP contribution in [0.2, 0.25) is 0 Å². The van der Waals surface area contributed by atoms with Gasteiger partial charge in [0.15, 0.2) is 0 Å². The Bertz CT molecular complexity index is 348. The third-order valence-corrected chi connectivity index (χ3v) is 2.19. The summed E-state index contributed by atoms with van der Waals surface area (Å²) in [6.07, 6.45) is 1.14. The summed E-state index contributed by atoms with van der Waals surface area (Å²) in [5.41, 5.74) is 2.73. The molecule has 0 N–H and O–H groups in total. The van der Waals surface area contributed by atoms with Gasteiger partial charge in [-0.15, -0.1) is 0 Å². The van der Waals surface area contributed by atoms with Crippen LogP contribution in [-0.2, 0) is 6.42 Å². The van der Waals surface area contributed by atoms with Crippen molar-refractivity contribution < 1.29 is 0 Å². The molecule has 2 aromatic carbocycles. The first-order valence-corrected chi connectivity index (χ1v) is 8.38. The summed E-state index contributed by atoms with van der Waals surface area (Å²) in [5.74, 6) is 0. The van der Waals surface area contributed by atoms with Gasteiger partial charge in [0, 0.05) is 0 Å². The Morgan fingerprint density at radius 2 is 0.870 bits per heavy atom. The summed E-state index contributed by atoms with van der Waals surface area (Å²) in [4.78, 5) is 0. The Balaban J connectivity index is -0.0000000668. The van der Waals surface area contributed by atoms with E-state index in [4.69, 9.17) is 0 Å². The maximum absolute atomic E-state index is 2.16. The SMILES string of the molecule is C.C.CC.CC.CC.CCc1ccccc1.Cc1ccccc1. The molecule has 2 aromatic rings. The molecule has 0 aliphatic carbocycles. The number of hydrogen-bond donors (Lipinski definition) is 0. The van der Waals surface area contributed by atoms with Gasteiger partial charge in [0.2, 0.25) is 0 Å². The molecule has 0 fully saturated rings. The lowest BCUT2D eigenvalue weighted by molar-refractivity contribution is 1.14. The largest absolute Gasteiger partial charge is 0.0776 e. The van der Waals surface area contributed by atoms with Crippen LogP contribution in [0.1, 0.15) is 74.4 Å². The lowest BCUT2D eigenvalue weighted by atomic mass is 10.2. The summed E-state index contributed by atoms with van der Waals surface area (Å²) in [6, 6.07) is 20.7. The van der Waals surface area contributed by atoms with Gasteiger partial charge in [-0.2, -0.15) is 0 Å². The molecule has 0 radical (unpaired) electrons. The maximum Gasteiger partial charge on any atom is -0.0307 e. The minimum absolute atomic E-state index is 0. The monoisotopic (exact) mass is 320 g/mol. The standard InChI is InChI=1S/C8H10.C7H8.3C2H6.2CH4/c1-2-8-6-4-3-5-7-8;1-7-5-3-2-4-6-7;3*1-2;;/h3-7H,2H2,1H3;2-6H,1H3;3*1-2H3;2*1H4. The van der Waals surface area contributed by atoms with Crippen LogP contribution >= 0.6 is 0 Å². The molecule has 0 atom stereocenters. The molecule has 0 unspecified atom stereocenters. The van der Waals surface area contributed by atoms with Gasteiger partial charge in [-0.3, -0.25) is 0 Å². The zero-order chi connectivity index (χ0) is 16.9. The van der Waals surface area contributed by atoms with Crippen LogP contribution in [0.4, 0.5) is 0 Å². The third kappa shape index (κ3) is 25.7. The highest BCUT2D eigenvalue weighted by molar-refractivity contribution is 5.14. The van der Waals surface area contributed by atoms with E-state index in [9.17, 15) is 0 Å². The second-order valence-electron chi connectivity index (χ2n) is 3.49. The van der Waals surface area contributed by atoms with Gasteiger partial charge in [0.1, 0.15) is 0 Å². The van der Waals surface area contributed by atoms with E-state index in [-0.39, 0.29) is 14.9 Å². The Morgan fingerprint density at radius 3 is 1.04 bits per heavy atom. The summed E-state index contributed by atoms with van der Waals surface area (Å²) in [5, 5.41) is 0. The van der Waals surface area contributed by atoms with Gasteiger partial charge < -0.3 is 0 Å². The van der Waals surface area contributed by atoms with Crippen molar-refractivity contribution in [2.24, 2.45) is 0 Å². The summed E-state index contributed by atoms with van der Waals surface area (Å²) >= 11 is 0. The van der Waals surface area contributed by atoms with E-state index in [2.05, 4.69) is 50.2 Å². The quantitative estimate of drug-likeness (QED) is 0.493. The zero-order valence-electron chi connectivity index (χ0n) is 15.5. The van der Waals surface area contributed by atoms with Crippen molar-refractivity contribution in [3.8, 4) is 0 Å². The van der Waals surface area contributed by atoms with Crippen LogP contribution in [0.15, 0.2) is 60.7 Å². The molecule has 0 aliphatic heterocycles. The predicted octanol–water partition coefficient (Wildman–Crippen LogP) is 8.59. The van der Waals surface area contributed by atoms with E-state index >= 15 is 0 Å². The van der Waals surface area contributed by atoms with Crippen molar-refractivity contribution in [3.05, 3.63) is 71.8 Å². The van der Waals surface area contributed by atoms with Crippen molar-refractivity contribution in [1.82, 2.24) is 0 Å². The number of benzene rings is 2. The molecule has 0 aliphatic rings. The van der Waals surface area contributed by atoms with Crippen LogP contribution in [0.25, 0.3) is 0 Å². The zero-order valence-corrected chi connectivity index (χ0v) is 15.5. The van der Waals surface area contributed by atoms with E-state index < -0.39 is 0 Å². The average molecular weight is 321 g/mol. The highest BCUT2D eigenvalue weighted by Gasteiger charge is 1.80. The normalized spacial score (nSPS) is 6.61. The molecule has 2 rings (SSSR count). The van der Waals surface area contributed by atoms with Gasteiger partial charge in [0.05, 0.1) is 0 Å².